The molecule has 4 nitrogen and oxygen atoms in total. The SMILES string of the molecule is CCCCCCCCCOC(CCC)=C(OCCCCCCCCC)OCOCCCCCCCC. The third-order valence-corrected chi connectivity index (χ3v) is 6.63. The summed E-state index contributed by atoms with van der Waals surface area (Å²) in [6.45, 7) is 11.4. The van der Waals surface area contributed by atoms with Crippen molar-refractivity contribution in [2.45, 2.75) is 169 Å². The Hall–Kier alpha value is -0.900. The molecule has 0 aliphatic carbocycles. The summed E-state index contributed by atoms with van der Waals surface area (Å²) in [4.78, 5) is 0. The van der Waals surface area contributed by atoms with Gasteiger partial charge in [-0.05, 0) is 25.7 Å². The molecule has 0 saturated heterocycles. The largest absolute Gasteiger partial charge is 0.491 e. The molecular formula is C32H64O4. The lowest BCUT2D eigenvalue weighted by Crippen LogP contribution is -2.10. The molecule has 0 N–H and O–H groups in total. The van der Waals surface area contributed by atoms with Crippen molar-refractivity contribution >= 4 is 0 Å². The van der Waals surface area contributed by atoms with Crippen LogP contribution in [0.15, 0.2) is 11.7 Å². The maximum absolute atomic E-state index is 6.20. The zero-order valence-electron chi connectivity index (χ0n) is 25.0. The highest BCUT2D eigenvalue weighted by molar-refractivity contribution is 4.95. The molecule has 0 unspecified atom stereocenters. The number of allylic oxidation sites excluding steroid dienone is 1. The van der Waals surface area contributed by atoms with Gasteiger partial charge < -0.3 is 18.9 Å². The Bertz CT molecular complexity index is 449. The summed E-state index contributed by atoms with van der Waals surface area (Å²) in [5, 5.41) is 0. The molecule has 0 radical (unpaired) electrons. The van der Waals surface area contributed by atoms with Crippen LogP contribution in [-0.2, 0) is 18.9 Å². The molecule has 0 spiro atoms. The van der Waals surface area contributed by atoms with Crippen molar-refractivity contribution in [1.82, 2.24) is 0 Å². The monoisotopic (exact) mass is 512 g/mol. The zero-order chi connectivity index (χ0) is 26.4. The van der Waals surface area contributed by atoms with E-state index in [-0.39, 0.29) is 6.79 Å². The predicted octanol–water partition coefficient (Wildman–Crippen LogP) is 10.8. The number of hydrogen-bond acceptors (Lipinski definition) is 4. The van der Waals surface area contributed by atoms with Gasteiger partial charge in [0, 0.05) is 6.42 Å². The Morgan fingerprint density at radius 3 is 1.28 bits per heavy atom. The van der Waals surface area contributed by atoms with Crippen LogP contribution in [0.2, 0.25) is 0 Å². The third kappa shape index (κ3) is 24.8. The molecule has 0 fully saturated rings. The summed E-state index contributed by atoms with van der Waals surface area (Å²) in [5.41, 5.74) is 0. The molecule has 0 bridgehead atoms. The van der Waals surface area contributed by atoms with Gasteiger partial charge in [0.05, 0.1) is 19.8 Å². The van der Waals surface area contributed by atoms with E-state index >= 15 is 0 Å². The topological polar surface area (TPSA) is 36.9 Å². The Labute approximate surface area is 226 Å². The molecule has 0 atom stereocenters. The average Bonchev–Trinajstić information content (AvgIpc) is 2.89. The van der Waals surface area contributed by atoms with E-state index in [4.69, 9.17) is 18.9 Å². The summed E-state index contributed by atoms with van der Waals surface area (Å²) in [7, 11) is 0. The van der Waals surface area contributed by atoms with Gasteiger partial charge in [0.2, 0.25) is 0 Å². The van der Waals surface area contributed by atoms with E-state index < -0.39 is 0 Å². The van der Waals surface area contributed by atoms with E-state index in [9.17, 15) is 0 Å². The van der Waals surface area contributed by atoms with E-state index in [1.54, 1.807) is 0 Å². The molecule has 36 heavy (non-hydrogen) atoms. The van der Waals surface area contributed by atoms with Gasteiger partial charge in [0.15, 0.2) is 12.6 Å². The van der Waals surface area contributed by atoms with Crippen LogP contribution in [0, 0.1) is 0 Å². The van der Waals surface area contributed by atoms with Crippen LogP contribution in [0.1, 0.15) is 169 Å². The first-order chi connectivity index (χ1) is 17.8. The van der Waals surface area contributed by atoms with Gasteiger partial charge in [-0.25, -0.2) is 0 Å². The van der Waals surface area contributed by atoms with Crippen molar-refractivity contribution in [3.8, 4) is 0 Å². The lowest BCUT2D eigenvalue weighted by Gasteiger charge is -2.18. The summed E-state index contributed by atoms with van der Waals surface area (Å²) in [6, 6.07) is 0. The number of hydrogen-bond donors (Lipinski definition) is 0. The molecule has 4 heteroatoms. The van der Waals surface area contributed by atoms with Gasteiger partial charge in [0.1, 0.15) is 0 Å². The average molecular weight is 513 g/mol. The second-order valence-corrected chi connectivity index (χ2v) is 10.3. The van der Waals surface area contributed by atoms with E-state index in [0.717, 1.165) is 51.1 Å². The first kappa shape index (κ1) is 35.1. The normalized spacial score (nSPS) is 12.0. The molecule has 0 aromatic rings. The second-order valence-electron chi connectivity index (χ2n) is 10.3. The summed E-state index contributed by atoms with van der Waals surface area (Å²) in [5.74, 6) is 1.43. The van der Waals surface area contributed by atoms with Gasteiger partial charge in [-0.1, -0.05) is 137 Å². The first-order valence-corrected chi connectivity index (χ1v) is 16.0. The zero-order valence-corrected chi connectivity index (χ0v) is 25.0. The van der Waals surface area contributed by atoms with Gasteiger partial charge in [-0.3, -0.25) is 0 Å². The highest BCUT2D eigenvalue weighted by Gasteiger charge is 2.12. The molecular weight excluding hydrogens is 448 g/mol. The lowest BCUT2D eigenvalue weighted by atomic mass is 10.1. The maximum atomic E-state index is 6.20. The molecule has 0 aromatic heterocycles. The summed E-state index contributed by atoms with van der Waals surface area (Å²) < 4.78 is 24.1. The van der Waals surface area contributed by atoms with Crippen LogP contribution < -0.4 is 0 Å². The van der Waals surface area contributed by atoms with E-state index in [1.165, 1.54) is 109 Å². The Kier molecular flexibility index (Phi) is 29.6. The van der Waals surface area contributed by atoms with E-state index in [2.05, 4.69) is 27.7 Å². The molecule has 0 rings (SSSR count). The summed E-state index contributed by atoms with van der Waals surface area (Å²) >= 11 is 0. The molecule has 0 heterocycles. The maximum Gasteiger partial charge on any atom is 0.321 e. The second kappa shape index (κ2) is 30.3. The standard InChI is InChI=1S/C32H64O4/c1-5-9-12-15-18-21-24-28-34-31(26-8-4)32(35-29-25-22-19-16-13-10-6-2)36-30-33-27-23-20-17-14-11-7-3/h5-30H2,1-4H3. The van der Waals surface area contributed by atoms with Crippen LogP contribution >= 0.6 is 0 Å². The van der Waals surface area contributed by atoms with Gasteiger partial charge in [-0.15, -0.1) is 0 Å². The summed E-state index contributed by atoms with van der Waals surface area (Å²) in [6.07, 6.45) is 27.4. The van der Waals surface area contributed by atoms with Crippen molar-refractivity contribution < 1.29 is 18.9 Å². The molecule has 0 aliphatic heterocycles. The Morgan fingerprint density at radius 1 is 0.389 bits per heavy atom. The minimum atomic E-state index is 0.245. The molecule has 0 aliphatic rings. The fourth-order valence-electron chi connectivity index (χ4n) is 4.28. The van der Waals surface area contributed by atoms with Gasteiger partial charge in [-0.2, -0.15) is 0 Å². The Balaban J connectivity index is 4.47. The van der Waals surface area contributed by atoms with Crippen molar-refractivity contribution in [1.29, 1.82) is 0 Å². The number of rotatable bonds is 30. The minimum absolute atomic E-state index is 0.245. The quantitative estimate of drug-likeness (QED) is 0.0544. The van der Waals surface area contributed by atoms with Crippen molar-refractivity contribution in [3.05, 3.63) is 11.7 Å². The highest BCUT2D eigenvalue weighted by Crippen LogP contribution is 2.18. The predicted molar refractivity (Wildman–Crippen MR) is 155 cm³/mol. The van der Waals surface area contributed by atoms with Crippen LogP contribution in [-0.4, -0.2) is 26.6 Å². The smallest absolute Gasteiger partial charge is 0.321 e. The van der Waals surface area contributed by atoms with Crippen LogP contribution in [0.3, 0.4) is 0 Å². The van der Waals surface area contributed by atoms with Gasteiger partial charge in [0.25, 0.3) is 0 Å². The fraction of sp³-hybridized carbons (Fsp3) is 0.938. The molecule has 0 aromatic carbocycles. The Morgan fingerprint density at radius 2 is 0.806 bits per heavy atom. The van der Waals surface area contributed by atoms with Gasteiger partial charge >= 0.3 is 5.95 Å². The number of ether oxygens (including phenoxy) is 4. The van der Waals surface area contributed by atoms with Crippen molar-refractivity contribution in [3.63, 3.8) is 0 Å². The minimum Gasteiger partial charge on any atom is -0.491 e. The fourth-order valence-corrected chi connectivity index (χ4v) is 4.28. The van der Waals surface area contributed by atoms with Crippen molar-refractivity contribution in [2.24, 2.45) is 0 Å². The van der Waals surface area contributed by atoms with Crippen LogP contribution in [0.5, 0.6) is 0 Å². The van der Waals surface area contributed by atoms with Crippen molar-refractivity contribution in [2.75, 3.05) is 26.6 Å². The lowest BCUT2D eigenvalue weighted by molar-refractivity contribution is -0.0845. The molecule has 216 valence electrons. The highest BCUT2D eigenvalue weighted by atomic mass is 16.7. The number of unbranched alkanes of at least 4 members (excludes halogenated alkanes) is 17. The van der Waals surface area contributed by atoms with Crippen LogP contribution in [0.25, 0.3) is 0 Å². The van der Waals surface area contributed by atoms with E-state index in [0.29, 0.717) is 12.6 Å². The van der Waals surface area contributed by atoms with E-state index in [1.807, 2.05) is 0 Å². The first-order valence-electron chi connectivity index (χ1n) is 16.0. The third-order valence-electron chi connectivity index (χ3n) is 6.63. The van der Waals surface area contributed by atoms with Crippen LogP contribution in [0.4, 0.5) is 0 Å². The molecule has 0 amide bonds. The molecule has 0 saturated carbocycles.